The number of rotatable bonds is 2. The van der Waals surface area contributed by atoms with Crippen LogP contribution >= 0.6 is 0 Å². The third-order valence-corrected chi connectivity index (χ3v) is 2.52. The molecule has 2 rings (SSSR count). The second-order valence-electron chi connectivity index (χ2n) is 3.98. The molecule has 1 saturated heterocycles. The molecule has 1 aliphatic heterocycles. The number of hydrogen-bond donors (Lipinski definition) is 0. The van der Waals surface area contributed by atoms with Gasteiger partial charge in [0.15, 0.2) is 0 Å². The quantitative estimate of drug-likeness (QED) is 0.775. The lowest BCUT2D eigenvalue weighted by Crippen LogP contribution is -2.51. The molecular weight excluding hydrogens is 219 g/mol. The van der Waals surface area contributed by atoms with Gasteiger partial charge in [0.2, 0.25) is 0 Å². The molecule has 16 heavy (non-hydrogen) atoms. The maximum absolute atomic E-state index is 12.3. The lowest BCUT2D eigenvalue weighted by molar-refractivity contribution is -0.137. The Labute approximate surface area is 91.6 Å². The van der Waals surface area contributed by atoms with E-state index in [-0.39, 0.29) is 6.10 Å². The first-order valence-electron chi connectivity index (χ1n) is 4.97. The highest BCUT2D eigenvalue weighted by molar-refractivity contribution is 5.29. The summed E-state index contributed by atoms with van der Waals surface area (Å²) in [5, 5.41) is 0. The largest absolute Gasteiger partial charge is 0.488 e. The molecule has 0 spiro atoms. The van der Waals surface area contributed by atoms with Crippen molar-refractivity contribution in [1.29, 1.82) is 0 Å². The molecule has 0 saturated carbocycles. The van der Waals surface area contributed by atoms with Gasteiger partial charge < -0.3 is 4.74 Å². The molecule has 0 radical (unpaired) electrons. The van der Waals surface area contributed by atoms with Crippen LogP contribution in [0.2, 0.25) is 0 Å². The van der Waals surface area contributed by atoms with Crippen LogP contribution in [-0.4, -0.2) is 31.1 Å². The van der Waals surface area contributed by atoms with E-state index < -0.39 is 11.7 Å². The predicted octanol–water partition coefficient (Wildman–Crippen LogP) is 2.40. The Morgan fingerprint density at radius 3 is 2.19 bits per heavy atom. The molecular formula is C11H12F3NO. The standard InChI is InChI=1S/C11H12F3NO/c1-15-6-10(7-15)16-9-4-2-8(3-5-9)11(12,13)14/h2-5,10H,6-7H2,1H3. The van der Waals surface area contributed by atoms with Crippen LogP contribution in [0.25, 0.3) is 0 Å². The van der Waals surface area contributed by atoms with E-state index in [1.54, 1.807) is 0 Å². The summed E-state index contributed by atoms with van der Waals surface area (Å²) in [6.45, 7) is 1.64. The van der Waals surface area contributed by atoms with Crippen molar-refractivity contribution in [2.24, 2.45) is 0 Å². The van der Waals surface area contributed by atoms with Crippen LogP contribution in [-0.2, 0) is 6.18 Å². The minimum atomic E-state index is -4.28. The Bertz CT molecular complexity index is 354. The summed E-state index contributed by atoms with van der Waals surface area (Å²) in [5.74, 6) is 0.492. The predicted molar refractivity (Wildman–Crippen MR) is 53.4 cm³/mol. The number of likely N-dealkylation sites (tertiary alicyclic amines) is 1. The molecule has 2 nitrogen and oxygen atoms in total. The number of halogens is 3. The Morgan fingerprint density at radius 1 is 1.19 bits per heavy atom. The first-order valence-corrected chi connectivity index (χ1v) is 4.97. The summed E-state index contributed by atoms with van der Waals surface area (Å²) in [5.41, 5.74) is -0.648. The molecule has 1 aromatic carbocycles. The average Bonchev–Trinajstić information content (AvgIpc) is 2.15. The van der Waals surface area contributed by atoms with Gasteiger partial charge in [-0.15, -0.1) is 0 Å². The maximum Gasteiger partial charge on any atom is 0.416 e. The van der Waals surface area contributed by atoms with Gasteiger partial charge in [-0.2, -0.15) is 13.2 Å². The first kappa shape index (κ1) is 11.3. The van der Waals surface area contributed by atoms with Crippen molar-refractivity contribution in [2.75, 3.05) is 20.1 Å². The fraction of sp³-hybridized carbons (Fsp3) is 0.455. The normalized spacial score (nSPS) is 18.2. The van der Waals surface area contributed by atoms with E-state index in [0.29, 0.717) is 5.75 Å². The summed E-state index contributed by atoms with van der Waals surface area (Å²) in [7, 11) is 1.96. The third-order valence-electron chi connectivity index (χ3n) is 2.52. The van der Waals surface area contributed by atoms with Crippen LogP contribution in [0.5, 0.6) is 5.75 Å². The zero-order chi connectivity index (χ0) is 11.8. The van der Waals surface area contributed by atoms with Gasteiger partial charge in [-0.3, -0.25) is 4.90 Å². The van der Waals surface area contributed by atoms with Crippen LogP contribution in [0.1, 0.15) is 5.56 Å². The van der Waals surface area contributed by atoms with Crippen LogP contribution in [0, 0.1) is 0 Å². The van der Waals surface area contributed by atoms with E-state index in [4.69, 9.17) is 4.74 Å². The van der Waals surface area contributed by atoms with E-state index in [0.717, 1.165) is 25.2 Å². The zero-order valence-corrected chi connectivity index (χ0v) is 8.79. The molecule has 1 heterocycles. The highest BCUT2D eigenvalue weighted by atomic mass is 19.4. The lowest BCUT2D eigenvalue weighted by atomic mass is 10.2. The number of likely N-dealkylation sites (N-methyl/N-ethyl adjacent to an activating group) is 1. The molecule has 0 atom stereocenters. The van der Waals surface area contributed by atoms with Crippen LogP contribution in [0.4, 0.5) is 13.2 Å². The van der Waals surface area contributed by atoms with Crippen LogP contribution < -0.4 is 4.74 Å². The molecule has 0 N–H and O–H groups in total. The van der Waals surface area contributed by atoms with Gasteiger partial charge in [0, 0.05) is 13.1 Å². The Balaban J connectivity index is 1.97. The maximum atomic E-state index is 12.3. The van der Waals surface area contributed by atoms with E-state index in [9.17, 15) is 13.2 Å². The molecule has 0 aliphatic carbocycles. The summed E-state index contributed by atoms with van der Waals surface area (Å²) in [6, 6.07) is 4.80. The van der Waals surface area contributed by atoms with Gasteiger partial charge >= 0.3 is 6.18 Å². The van der Waals surface area contributed by atoms with Gasteiger partial charge in [0.05, 0.1) is 5.56 Å². The van der Waals surface area contributed by atoms with Crippen molar-refractivity contribution in [3.8, 4) is 5.75 Å². The van der Waals surface area contributed by atoms with Crippen molar-refractivity contribution in [1.82, 2.24) is 4.90 Å². The molecule has 0 amide bonds. The number of benzene rings is 1. The molecule has 0 unspecified atom stereocenters. The van der Waals surface area contributed by atoms with Crippen molar-refractivity contribution in [3.63, 3.8) is 0 Å². The fourth-order valence-corrected chi connectivity index (χ4v) is 1.63. The average molecular weight is 231 g/mol. The van der Waals surface area contributed by atoms with Crippen LogP contribution in [0.15, 0.2) is 24.3 Å². The number of ether oxygens (including phenoxy) is 1. The van der Waals surface area contributed by atoms with Gasteiger partial charge in [0.25, 0.3) is 0 Å². The van der Waals surface area contributed by atoms with E-state index in [1.165, 1.54) is 12.1 Å². The van der Waals surface area contributed by atoms with E-state index >= 15 is 0 Å². The third kappa shape index (κ3) is 2.47. The molecule has 0 aromatic heterocycles. The van der Waals surface area contributed by atoms with Crippen molar-refractivity contribution < 1.29 is 17.9 Å². The zero-order valence-electron chi connectivity index (χ0n) is 8.79. The summed E-state index contributed by atoms with van der Waals surface area (Å²) in [6.07, 6.45) is -4.18. The second kappa shape index (κ2) is 3.97. The minimum absolute atomic E-state index is 0.0988. The van der Waals surface area contributed by atoms with Gasteiger partial charge in [-0.05, 0) is 31.3 Å². The van der Waals surface area contributed by atoms with Crippen molar-refractivity contribution >= 4 is 0 Å². The Kier molecular flexibility index (Phi) is 2.80. The number of hydrogen-bond acceptors (Lipinski definition) is 2. The smallest absolute Gasteiger partial charge is 0.416 e. The van der Waals surface area contributed by atoms with Gasteiger partial charge in [-0.1, -0.05) is 0 Å². The van der Waals surface area contributed by atoms with Gasteiger partial charge in [0.1, 0.15) is 11.9 Å². The Morgan fingerprint density at radius 2 is 1.75 bits per heavy atom. The molecule has 1 aromatic rings. The van der Waals surface area contributed by atoms with Gasteiger partial charge in [-0.25, -0.2) is 0 Å². The van der Waals surface area contributed by atoms with E-state index in [2.05, 4.69) is 4.90 Å². The molecule has 1 aliphatic rings. The summed E-state index contributed by atoms with van der Waals surface area (Å²) < 4.78 is 42.3. The molecule has 88 valence electrons. The van der Waals surface area contributed by atoms with Crippen LogP contribution in [0.3, 0.4) is 0 Å². The number of alkyl halides is 3. The summed E-state index contributed by atoms with van der Waals surface area (Å²) in [4.78, 5) is 2.08. The first-order chi connectivity index (χ1) is 7.45. The number of nitrogens with zero attached hydrogens (tertiary/aromatic N) is 1. The molecule has 1 fully saturated rings. The van der Waals surface area contributed by atoms with Crippen molar-refractivity contribution in [3.05, 3.63) is 29.8 Å². The monoisotopic (exact) mass is 231 g/mol. The minimum Gasteiger partial charge on any atom is -0.488 e. The van der Waals surface area contributed by atoms with Crippen molar-refractivity contribution in [2.45, 2.75) is 12.3 Å². The molecule has 5 heteroatoms. The summed E-state index contributed by atoms with van der Waals surface area (Å²) >= 11 is 0. The topological polar surface area (TPSA) is 12.5 Å². The SMILES string of the molecule is CN1CC(Oc2ccc(C(F)(F)F)cc2)C1. The molecule has 0 bridgehead atoms. The highest BCUT2D eigenvalue weighted by Crippen LogP contribution is 2.30. The lowest BCUT2D eigenvalue weighted by Gasteiger charge is -2.36. The second-order valence-corrected chi connectivity index (χ2v) is 3.98. The van der Waals surface area contributed by atoms with E-state index in [1.807, 2.05) is 7.05 Å². The fourth-order valence-electron chi connectivity index (χ4n) is 1.63. The highest BCUT2D eigenvalue weighted by Gasteiger charge is 2.30. The Hall–Kier alpha value is -1.23.